The predicted octanol–water partition coefficient (Wildman–Crippen LogP) is 2.25. The molecule has 2 rings (SSSR count). The van der Waals surface area contributed by atoms with Crippen molar-refractivity contribution in [1.29, 1.82) is 0 Å². The summed E-state index contributed by atoms with van der Waals surface area (Å²) in [5.74, 6) is 0. The Bertz CT molecular complexity index is 451. The predicted molar refractivity (Wildman–Crippen MR) is 61.3 cm³/mol. The van der Waals surface area contributed by atoms with Gasteiger partial charge in [-0.15, -0.1) is 0 Å². The quantitative estimate of drug-likeness (QED) is 0.862. The Morgan fingerprint density at radius 3 is 3.00 bits per heavy atom. The van der Waals surface area contributed by atoms with Crippen LogP contribution in [0.25, 0.3) is 5.69 Å². The zero-order valence-electron chi connectivity index (χ0n) is 8.44. The van der Waals surface area contributed by atoms with Crippen molar-refractivity contribution in [1.82, 2.24) is 15.1 Å². The maximum atomic E-state index is 5.82. The van der Waals surface area contributed by atoms with E-state index in [1.165, 1.54) is 5.56 Å². The molecule has 1 aromatic heterocycles. The first-order chi connectivity index (χ1) is 7.29. The minimum atomic E-state index is 0.647. The molecule has 0 radical (unpaired) electrons. The summed E-state index contributed by atoms with van der Waals surface area (Å²) in [4.78, 5) is 0. The van der Waals surface area contributed by atoms with Gasteiger partial charge in [0.15, 0.2) is 0 Å². The van der Waals surface area contributed by atoms with Gasteiger partial charge in [-0.2, -0.15) is 5.10 Å². The third-order valence-electron chi connectivity index (χ3n) is 2.11. The van der Waals surface area contributed by atoms with E-state index in [0.29, 0.717) is 5.02 Å². The molecule has 2 aromatic rings. The topological polar surface area (TPSA) is 29.9 Å². The average Bonchev–Trinajstić information content (AvgIpc) is 2.66. The van der Waals surface area contributed by atoms with Crippen LogP contribution in [-0.4, -0.2) is 16.8 Å². The number of benzene rings is 1. The molecule has 0 atom stereocenters. The van der Waals surface area contributed by atoms with Crippen LogP contribution < -0.4 is 5.32 Å². The molecule has 0 bridgehead atoms. The average molecular weight is 222 g/mol. The summed E-state index contributed by atoms with van der Waals surface area (Å²) in [6.07, 6.45) is 3.42. The second-order valence-corrected chi connectivity index (χ2v) is 3.74. The molecule has 1 heterocycles. The smallest absolute Gasteiger partial charge is 0.0790 e. The molecule has 1 aromatic carbocycles. The molecule has 0 aliphatic carbocycles. The van der Waals surface area contributed by atoms with Gasteiger partial charge >= 0.3 is 0 Å². The van der Waals surface area contributed by atoms with Crippen molar-refractivity contribution in [3.63, 3.8) is 0 Å². The Morgan fingerprint density at radius 1 is 1.47 bits per heavy atom. The molecule has 15 heavy (non-hydrogen) atoms. The van der Waals surface area contributed by atoms with Crippen molar-refractivity contribution >= 4 is 11.6 Å². The van der Waals surface area contributed by atoms with Gasteiger partial charge in [-0.25, -0.2) is 4.68 Å². The van der Waals surface area contributed by atoms with Crippen LogP contribution in [0.5, 0.6) is 0 Å². The molecule has 0 aliphatic heterocycles. The number of nitrogens with zero attached hydrogens (tertiary/aromatic N) is 2. The lowest BCUT2D eigenvalue weighted by molar-refractivity contribution is 0.811. The highest BCUT2D eigenvalue weighted by atomic mass is 35.5. The molecule has 0 spiro atoms. The van der Waals surface area contributed by atoms with Crippen molar-refractivity contribution in [2.75, 3.05) is 7.05 Å². The van der Waals surface area contributed by atoms with Gasteiger partial charge in [0.05, 0.1) is 16.9 Å². The van der Waals surface area contributed by atoms with Gasteiger partial charge in [-0.05, 0) is 24.7 Å². The number of halogens is 1. The Balaban J connectivity index is 2.32. The SMILES string of the molecule is CNCc1cccc(-n2cc(Cl)cn2)c1. The molecule has 0 unspecified atom stereocenters. The second kappa shape index (κ2) is 4.47. The Labute approximate surface area is 93.7 Å². The highest BCUT2D eigenvalue weighted by Gasteiger charge is 1.99. The van der Waals surface area contributed by atoms with Crippen LogP contribution in [0.4, 0.5) is 0 Å². The molecular formula is C11H12ClN3. The lowest BCUT2D eigenvalue weighted by atomic mass is 10.2. The van der Waals surface area contributed by atoms with Crippen molar-refractivity contribution < 1.29 is 0 Å². The molecule has 4 heteroatoms. The van der Waals surface area contributed by atoms with Gasteiger partial charge in [-0.3, -0.25) is 0 Å². The Morgan fingerprint density at radius 2 is 2.33 bits per heavy atom. The summed E-state index contributed by atoms with van der Waals surface area (Å²) in [5, 5.41) is 7.91. The standard InChI is InChI=1S/C11H12ClN3/c1-13-6-9-3-2-4-11(5-9)15-8-10(12)7-14-15/h2-5,7-8,13H,6H2,1H3. The lowest BCUT2D eigenvalue weighted by Crippen LogP contribution is -2.05. The first kappa shape index (κ1) is 10.2. The van der Waals surface area contributed by atoms with Crippen LogP contribution in [0.15, 0.2) is 36.7 Å². The molecule has 0 aliphatic rings. The van der Waals surface area contributed by atoms with Crippen LogP contribution in [-0.2, 0) is 6.54 Å². The van der Waals surface area contributed by atoms with E-state index >= 15 is 0 Å². The molecule has 0 saturated carbocycles. The largest absolute Gasteiger partial charge is 0.316 e. The van der Waals surface area contributed by atoms with E-state index in [-0.39, 0.29) is 0 Å². The van der Waals surface area contributed by atoms with Crippen LogP contribution in [0.1, 0.15) is 5.56 Å². The van der Waals surface area contributed by atoms with Gasteiger partial charge in [-0.1, -0.05) is 23.7 Å². The van der Waals surface area contributed by atoms with E-state index in [0.717, 1.165) is 12.2 Å². The molecular weight excluding hydrogens is 210 g/mol. The summed E-state index contributed by atoms with van der Waals surface area (Å²) in [6, 6.07) is 8.17. The zero-order chi connectivity index (χ0) is 10.7. The minimum Gasteiger partial charge on any atom is -0.316 e. The molecule has 0 amide bonds. The van der Waals surface area contributed by atoms with E-state index in [4.69, 9.17) is 11.6 Å². The highest BCUT2D eigenvalue weighted by molar-refractivity contribution is 6.30. The molecule has 3 nitrogen and oxygen atoms in total. The summed E-state index contributed by atoms with van der Waals surface area (Å²) in [6.45, 7) is 0.850. The normalized spacial score (nSPS) is 10.5. The number of rotatable bonds is 3. The number of hydrogen-bond acceptors (Lipinski definition) is 2. The number of aromatic nitrogens is 2. The van der Waals surface area contributed by atoms with Crippen molar-refractivity contribution in [2.24, 2.45) is 0 Å². The van der Waals surface area contributed by atoms with E-state index in [2.05, 4.69) is 22.5 Å². The maximum absolute atomic E-state index is 5.82. The van der Waals surface area contributed by atoms with Crippen molar-refractivity contribution in [3.05, 3.63) is 47.2 Å². The zero-order valence-corrected chi connectivity index (χ0v) is 9.20. The van der Waals surface area contributed by atoms with Crippen LogP contribution in [0, 0.1) is 0 Å². The van der Waals surface area contributed by atoms with E-state index in [1.807, 2.05) is 19.2 Å². The first-order valence-corrected chi connectivity index (χ1v) is 5.11. The van der Waals surface area contributed by atoms with E-state index < -0.39 is 0 Å². The molecule has 0 fully saturated rings. The van der Waals surface area contributed by atoms with Gasteiger partial charge in [0, 0.05) is 12.7 Å². The lowest BCUT2D eigenvalue weighted by Gasteiger charge is -2.04. The van der Waals surface area contributed by atoms with Gasteiger partial charge in [0.2, 0.25) is 0 Å². The van der Waals surface area contributed by atoms with E-state index in [9.17, 15) is 0 Å². The summed E-state index contributed by atoms with van der Waals surface area (Å²) in [5.41, 5.74) is 2.25. The summed E-state index contributed by atoms with van der Waals surface area (Å²) in [7, 11) is 1.93. The Kier molecular flexibility index (Phi) is 3.04. The van der Waals surface area contributed by atoms with Crippen LogP contribution in [0.3, 0.4) is 0 Å². The molecule has 0 saturated heterocycles. The van der Waals surface area contributed by atoms with Crippen molar-refractivity contribution in [3.8, 4) is 5.69 Å². The highest BCUT2D eigenvalue weighted by Crippen LogP contribution is 2.13. The Hall–Kier alpha value is -1.32. The monoisotopic (exact) mass is 221 g/mol. The van der Waals surface area contributed by atoms with Gasteiger partial charge < -0.3 is 5.32 Å². The maximum Gasteiger partial charge on any atom is 0.0790 e. The van der Waals surface area contributed by atoms with Gasteiger partial charge in [0.25, 0.3) is 0 Å². The first-order valence-electron chi connectivity index (χ1n) is 4.73. The molecule has 78 valence electrons. The van der Waals surface area contributed by atoms with Crippen LogP contribution >= 0.6 is 11.6 Å². The fraction of sp³-hybridized carbons (Fsp3) is 0.182. The third kappa shape index (κ3) is 2.37. The molecule has 1 N–H and O–H groups in total. The number of nitrogens with one attached hydrogen (secondary N) is 1. The minimum absolute atomic E-state index is 0.647. The summed E-state index contributed by atoms with van der Waals surface area (Å²) >= 11 is 5.82. The fourth-order valence-corrected chi connectivity index (χ4v) is 1.59. The third-order valence-corrected chi connectivity index (χ3v) is 2.30. The van der Waals surface area contributed by atoms with Crippen LogP contribution in [0.2, 0.25) is 5.02 Å². The fourth-order valence-electron chi connectivity index (χ4n) is 1.46. The second-order valence-electron chi connectivity index (χ2n) is 3.30. The number of hydrogen-bond donors (Lipinski definition) is 1. The van der Waals surface area contributed by atoms with E-state index in [1.54, 1.807) is 17.1 Å². The van der Waals surface area contributed by atoms with Crippen molar-refractivity contribution in [2.45, 2.75) is 6.54 Å². The van der Waals surface area contributed by atoms with Gasteiger partial charge in [0.1, 0.15) is 0 Å². The summed E-state index contributed by atoms with van der Waals surface area (Å²) < 4.78 is 1.77.